The molecule has 2 aromatic rings. The summed E-state index contributed by atoms with van der Waals surface area (Å²) in [5.41, 5.74) is 2.13. The Labute approximate surface area is 118 Å². The molecule has 1 heterocycles. The summed E-state index contributed by atoms with van der Waals surface area (Å²) in [4.78, 5) is 13.5. The Kier molecular flexibility index (Phi) is 3.50. The third kappa shape index (κ3) is 2.57. The largest absolute Gasteiger partial charge is 0.447 e. The summed E-state index contributed by atoms with van der Waals surface area (Å²) in [7, 11) is 0. The van der Waals surface area contributed by atoms with Crippen LogP contribution in [-0.4, -0.2) is 17.6 Å². The second-order valence-electron chi connectivity index (χ2n) is 4.64. The van der Waals surface area contributed by atoms with Gasteiger partial charge in [-0.2, -0.15) is 0 Å². The molecule has 20 heavy (non-hydrogen) atoms. The Morgan fingerprint density at radius 2 is 1.65 bits per heavy atom. The molecule has 0 spiro atoms. The third-order valence-corrected chi connectivity index (χ3v) is 3.32. The zero-order valence-electron chi connectivity index (χ0n) is 11.0. The first-order valence-electron chi connectivity index (χ1n) is 6.58. The molecule has 1 fully saturated rings. The Morgan fingerprint density at radius 1 is 1.00 bits per heavy atom. The number of amides is 1. The predicted octanol–water partition coefficient (Wildman–Crippen LogP) is 3.85. The van der Waals surface area contributed by atoms with Gasteiger partial charge in [0.1, 0.15) is 6.61 Å². The molecule has 1 atom stereocenters. The van der Waals surface area contributed by atoms with E-state index in [2.05, 4.69) is 0 Å². The third-order valence-electron chi connectivity index (χ3n) is 3.32. The molecule has 0 saturated carbocycles. The molecule has 1 saturated heterocycles. The van der Waals surface area contributed by atoms with E-state index in [1.54, 1.807) is 11.1 Å². The van der Waals surface area contributed by atoms with Crippen LogP contribution in [0.25, 0.3) is 6.08 Å². The minimum absolute atomic E-state index is 0.0522. The molecule has 2 aromatic carbocycles. The molecule has 3 heteroatoms. The van der Waals surface area contributed by atoms with E-state index in [1.807, 2.05) is 66.7 Å². The fourth-order valence-corrected chi connectivity index (χ4v) is 2.26. The van der Waals surface area contributed by atoms with Crippen molar-refractivity contribution in [1.29, 1.82) is 0 Å². The van der Waals surface area contributed by atoms with E-state index in [0.717, 1.165) is 11.1 Å². The van der Waals surface area contributed by atoms with Crippen LogP contribution in [0.3, 0.4) is 0 Å². The standard InChI is InChI=1S/C17H15NO2/c19-17-18(12-11-14-7-3-1-4-8-14)16(13-20-17)15-9-5-2-6-10-15/h1-12,16H,13H2/b12-11+/t16-/m0/s1. The van der Waals surface area contributed by atoms with Crippen LogP contribution in [0.15, 0.2) is 66.9 Å². The van der Waals surface area contributed by atoms with E-state index in [0.29, 0.717) is 6.61 Å². The van der Waals surface area contributed by atoms with Crippen LogP contribution < -0.4 is 0 Å². The quantitative estimate of drug-likeness (QED) is 0.843. The first-order valence-corrected chi connectivity index (χ1v) is 6.58. The van der Waals surface area contributed by atoms with Crippen LogP contribution in [-0.2, 0) is 4.74 Å². The highest BCUT2D eigenvalue weighted by molar-refractivity contribution is 5.73. The van der Waals surface area contributed by atoms with Gasteiger partial charge in [-0.15, -0.1) is 0 Å². The molecule has 0 aromatic heterocycles. The normalized spacial score (nSPS) is 18.5. The number of hydrogen-bond donors (Lipinski definition) is 0. The fourth-order valence-electron chi connectivity index (χ4n) is 2.26. The SMILES string of the molecule is O=C1OC[C@@H](c2ccccc2)N1/C=C/c1ccccc1. The Bertz CT molecular complexity index is 607. The van der Waals surface area contributed by atoms with Crippen LogP contribution >= 0.6 is 0 Å². The van der Waals surface area contributed by atoms with Gasteiger partial charge in [0, 0.05) is 6.20 Å². The molecule has 0 radical (unpaired) electrons. The van der Waals surface area contributed by atoms with Gasteiger partial charge < -0.3 is 4.74 Å². The maximum atomic E-state index is 11.8. The molecule has 0 aliphatic carbocycles. The van der Waals surface area contributed by atoms with Crippen molar-refractivity contribution in [2.45, 2.75) is 6.04 Å². The van der Waals surface area contributed by atoms with Gasteiger partial charge >= 0.3 is 6.09 Å². The maximum Gasteiger partial charge on any atom is 0.414 e. The lowest BCUT2D eigenvalue weighted by molar-refractivity contribution is 0.166. The minimum Gasteiger partial charge on any atom is -0.447 e. The molecule has 0 N–H and O–H groups in total. The number of nitrogens with zero attached hydrogens (tertiary/aromatic N) is 1. The highest BCUT2D eigenvalue weighted by Crippen LogP contribution is 2.28. The van der Waals surface area contributed by atoms with Crippen molar-refractivity contribution in [3.8, 4) is 0 Å². The molecule has 3 nitrogen and oxygen atoms in total. The zero-order valence-corrected chi connectivity index (χ0v) is 11.0. The summed E-state index contributed by atoms with van der Waals surface area (Å²) < 4.78 is 5.16. The van der Waals surface area contributed by atoms with Gasteiger partial charge in [-0.05, 0) is 17.2 Å². The predicted molar refractivity (Wildman–Crippen MR) is 77.8 cm³/mol. The van der Waals surface area contributed by atoms with E-state index < -0.39 is 0 Å². The van der Waals surface area contributed by atoms with Crippen LogP contribution in [0, 0.1) is 0 Å². The zero-order chi connectivity index (χ0) is 13.8. The molecule has 100 valence electrons. The molecule has 3 rings (SSSR count). The summed E-state index contributed by atoms with van der Waals surface area (Å²) in [6, 6.07) is 19.8. The average molecular weight is 265 g/mol. The molecule has 1 amide bonds. The monoisotopic (exact) mass is 265 g/mol. The molecule has 0 bridgehead atoms. The molecule has 1 aliphatic rings. The van der Waals surface area contributed by atoms with Crippen molar-refractivity contribution in [2.24, 2.45) is 0 Å². The first kappa shape index (κ1) is 12.5. The Morgan fingerprint density at radius 3 is 2.35 bits per heavy atom. The van der Waals surface area contributed by atoms with E-state index >= 15 is 0 Å². The number of carbonyl (C=O) groups is 1. The van der Waals surface area contributed by atoms with Crippen molar-refractivity contribution in [2.75, 3.05) is 6.61 Å². The summed E-state index contributed by atoms with van der Waals surface area (Å²) in [6.45, 7) is 0.391. The number of carbonyl (C=O) groups excluding carboxylic acids is 1. The van der Waals surface area contributed by atoms with Crippen molar-refractivity contribution < 1.29 is 9.53 Å². The topological polar surface area (TPSA) is 29.5 Å². The molecular weight excluding hydrogens is 250 g/mol. The second kappa shape index (κ2) is 5.61. The molecule has 1 aliphatic heterocycles. The average Bonchev–Trinajstić information content (AvgIpc) is 2.88. The van der Waals surface area contributed by atoms with Gasteiger partial charge in [0.15, 0.2) is 0 Å². The number of hydrogen-bond acceptors (Lipinski definition) is 2. The number of benzene rings is 2. The fraction of sp³-hybridized carbons (Fsp3) is 0.118. The smallest absolute Gasteiger partial charge is 0.414 e. The molecular formula is C17H15NO2. The Balaban J connectivity index is 1.83. The van der Waals surface area contributed by atoms with Gasteiger partial charge in [0.2, 0.25) is 0 Å². The lowest BCUT2D eigenvalue weighted by Gasteiger charge is -2.17. The second-order valence-corrected chi connectivity index (χ2v) is 4.64. The van der Waals surface area contributed by atoms with Crippen molar-refractivity contribution in [3.63, 3.8) is 0 Å². The van der Waals surface area contributed by atoms with E-state index in [4.69, 9.17) is 4.74 Å². The highest BCUT2D eigenvalue weighted by Gasteiger charge is 2.32. The number of ether oxygens (including phenoxy) is 1. The van der Waals surface area contributed by atoms with Crippen LogP contribution in [0.4, 0.5) is 4.79 Å². The van der Waals surface area contributed by atoms with Crippen molar-refractivity contribution >= 4 is 12.2 Å². The Hall–Kier alpha value is -2.55. The number of cyclic esters (lactones) is 1. The summed E-state index contributed by atoms with van der Waals surface area (Å²) in [5.74, 6) is 0. The summed E-state index contributed by atoms with van der Waals surface area (Å²) in [5, 5.41) is 0. The van der Waals surface area contributed by atoms with Gasteiger partial charge in [0.25, 0.3) is 0 Å². The lowest BCUT2D eigenvalue weighted by atomic mass is 10.1. The van der Waals surface area contributed by atoms with Gasteiger partial charge in [-0.25, -0.2) is 4.79 Å². The van der Waals surface area contributed by atoms with Crippen LogP contribution in [0.1, 0.15) is 17.2 Å². The maximum absolute atomic E-state index is 11.8. The van der Waals surface area contributed by atoms with Crippen LogP contribution in [0.2, 0.25) is 0 Å². The van der Waals surface area contributed by atoms with E-state index in [-0.39, 0.29) is 12.1 Å². The van der Waals surface area contributed by atoms with Gasteiger partial charge in [0.05, 0.1) is 6.04 Å². The van der Waals surface area contributed by atoms with E-state index in [9.17, 15) is 4.79 Å². The molecule has 0 unspecified atom stereocenters. The lowest BCUT2D eigenvalue weighted by Crippen LogP contribution is -2.21. The van der Waals surface area contributed by atoms with E-state index in [1.165, 1.54) is 0 Å². The number of rotatable bonds is 3. The van der Waals surface area contributed by atoms with Gasteiger partial charge in [-0.3, -0.25) is 4.90 Å². The summed E-state index contributed by atoms with van der Waals surface area (Å²) >= 11 is 0. The van der Waals surface area contributed by atoms with Crippen LogP contribution in [0.5, 0.6) is 0 Å². The highest BCUT2D eigenvalue weighted by atomic mass is 16.6. The van der Waals surface area contributed by atoms with Crippen molar-refractivity contribution in [1.82, 2.24) is 4.90 Å². The van der Waals surface area contributed by atoms with Crippen molar-refractivity contribution in [3.05, 3.63) is 78.0 Å². The van der Waals surface area contributed by atoms with Gasteiger partial charge in [-0.1, -0.05) is 60.7 Å². The first-order chi connectivity index (χ1) is 9.84. The summed E-state index contributed by atoms with van der Waals surface area (Å²) in [6.07, 6.45) is 3.41. The minimum atomic E-state index is -0.300.